The van der Waals surface area contributed by atoms with Crippen molar-refractivity contribution in [3.05, 3.63) is 99.9 Å². The van der Waals surface area contributed by atoms with Gasteiger partial charge < -0.3 is 4.42 Å². The highest BCUT2D eigenvalue weighted by molar-refractivity contribution is 7.13. The Labute approximate surface area is 204 Å². The summed E-state index contributed by atoms with van der Waals surface area (Å²) in [6, 6.07) is 25.2. The van der Waals surface area contributed by atoms with Gasteiger partial charge in [-0.1, -0.05) is 63.9 Å². The summed E-state index contributed by atoms with van der Waals surface area (Å²) in [5, 5.41) is 18.5. The molecule has 0 spiro atoms. The van der Waals surface area contributed by atoms with Crippen LogP contribution in [0, 0.1) is 13.8 Å². The van der Waals surface area contributed by atoms with Crippen LogP contribution in [0.3, 0.4) is 0 Å². The fourth-order valence-corrected chi connectivity index (χ4v) is 4.33. The van der Waals surface area contributed by atoms with Gasteiger partial charge in [-0.15, -0.1) is 15.3 Å². The Hall–Kier alpha value is -3.88. The monoisotopic (exact) mass is 486 g/mol. The van der Waals surface area contributed by atoms with Gasteiger partial charge in [0.2, 0.25) is 10.7 Å². The van der Waals surface area contributed by atoms with E-state index in [1.165, 1.54) is 16.9 Å². The number of azo groups is 1. The number of aryl methyl sites for hydroxylation is 1. The molecule has 9 heteroatoms. The van der Waals surface area contributed by atoms with Crippen LogP contribution in [0.15, 0.2) is 98.5 Å². The molecule has 0 N–H and O–H groups in total. The van der Waals surface area contributed by atoms with Crippen LogP contribution in [0.2, 0.25) is 5.02 Å². The molecule has 5 aromatic rings. The maximum Gasteiger partial charge on any atom is 0.345 e. The number of halogens is 1. The van der Waals surface area contributed by atoms with Crippen LogP contribution >= 0.6 is 22.9 Å². The zero-order chi connectivity index (χ0) is 23.5. The van der Waals surface area contributed by atoms with E-state index in [0.717, 1.165) is 27.6 Å². The first-order chi connectivity index (χ1) is 16.6. The lowest BCUT2D eigenvalue weighted by Crippen LogP contribution is -2.13. The number of hydrogen-bond acceptors (Lipinski definition) is 7. The van der Waals surface area contributed by atoms with Crippen molar-refractivity contribution in [2.75, 3.05) is 0 Å². The number of thiazole rings is 1. The first-order valence-corrected chi connectivity index (χ1v) is 11.7. The molecule has 2 aromatic heterocycles. The van der Waals surface area contributed by atoms with Gasteiger partial charge in [-0.05, 0) is 62.4 Å². The minimum absolute atomic E-state index is 0.151. The normalized spacial score (nSPS) is 12.0. The minimum Gasteiger partial charge on any atom is -0.402 e. The second kappa shape index (κ2) is 9.54. The lowest BCUT2D eigenvalue weighted by atomic mass is 10.2. The van der Waals surface area contributed by atoms with E-state index >= 15 is 0 Å². The zero-order valence-corrected chi connectivity index (χ0v) is 20.0. The Balaban J connectivity index is 1.57. The third-order valence-electron chi connectivity index (χ3n) is 5.03. The predicted molar refractivity (Wildman–Crippen MR) is 134 cm³/mol. The van der Waals surface area contributed by atoms with Crippen molar-refractivity contribution in [1.29, 1.82) is 0 Å². The molecule has 34 heavy (non-hydrogen) atoms. The standard InChI is InChI=1S/C25H19ClN6OS/c1-16-8-14-20(15-9-16)28-30-23-17(2)32(21-6-4-3-5-7-21)25(34-23)27-24-31-29-22(33-24)18-10-12-19(26)13-11-18/h3-15H,1-2H3. The first-order valence-electron chi connectivity index (χ1n) is 10.5. The van der Waals surface area contributed by atoms with Crippen LogP contribution in [0.1, 0.15) is 11.3 Å². The second-order valence-electron chi connectivity index (χ2n) is 7.49. The highest BCUT2D eigenvalue weighted by atomic mass is 35.5. The van der Waals surface area contributed by atoms with Crippen LogP contribution in [0.5, 0.6) is 0 Å². The molecular weight excluding hydrogens is 468 g/mol. The molecule has 0 bridgehead atoms. The fourth-order valence-electron chi connectivity index (χ4n) is 3.26. The van der Waals surface area contributed by atoms with E-state index in [0.29, 0.717) is 15.7 Å². The molecule has 0 aliphatic rings. The zero-order valence-electron chi connectivity index (χ0n) is 18.4. The maximum atomic E-state index is 5.97. The number of hydrogen-bond donors (Lipinski definition) is 0. The molecule has 0 aliphatic heterocycles. The summed E-state index contributed by atoms with van der Waals surface area (Å²) >= 11 is 7.37. The average molecular weight is 487 g/mol. The van der Waals surface area contributed by atoms with Crippen molar-refractivity contribution in [2.24, 2.45) is 15.2 Å². The molecule has 168 valence electrons. The number of benzene rings is 3. The SMILES string of the molecule is Cc1ccc(N=Nc2sc(=Nc3nnc(-c4ccc(Cl)cc4)o3)n(-c3ccccc3)c2C)cc1. The van der Waals surface area contributed by atoms with E-state index in [1.54, 1.807) is 12.1 Å². The Morgan fingerprint density at radius 3 is 2.32 bits per heavy atom. The largest absolute Gasteiger partial charge is 0.402 e. The lowest BCUT2D eigenvalue weighted by Gasteiger charge is -2.05. The Bertz CT molecular complexity index is 1520. The molecule has 0 fully saturated rings. The van der Waals surface area contributed by atoms with E-state index < -0.39 is 0 Å². The van der Waals surface area contributed by atoms with Crippen molar-refractivity contribution < 1.29 is 4.42 Å². The van der Waals surface area contributed by atoms with E-state index in [9.17, 15) is 0 Å². The van der Waals surface area contributed by atoms with Gasteiger partial charge in [0.1, 0.15) is 0 Å². The topological polar surface area (TPSA) is 80.9 Å². The van der Waals surface area contributed by atoms with Crippen molar-refractivity contribution in [1.82, 2.24) is 14.8 Å². The van der Waals surface area contributed by atoms with Gasteiger partial charge in [0, 0.05) is 16.3 Å². The van der Waals surface area contributed by atoms with Crippen LogP contribution in [0.4, 0.5) is 16.7 Å². The molecule has 7 nitrogen and oxygen atoms in total. The van der Waals surface area contributed by atoms with Gasteiger partial charge in [-0.25, -0.2) is 0 Å². The van der Waals surface area contributed by atoms with Crippen molar-refractivity contribution in [2.45, 2.75) is 13.8 Å². The molecule has 0 saturated heterocycles. The fraction of sp³-hybridized carbons (Fsp3) is 0.0800. The molecule has 0 saturated carbocycles. The van der Waals surface area contributed by atoms with Gasteiger partial charge in [-0.2, -0.15) is 4.99 Å². The van der Waals surface area contributed by atoms with Gasteiger partial charge in [0.25, 0.3) is 0 Å². The maximum absolute atomic E-state index is 5.97. The third kappa shape index (κ3) is 4.73. The van der Waals surface area contributed by atoms with E-state index in [2.05, 4.69) is 25.4 Å². The van der Waals surface area contributed by atoms with Crippen LogP contribution in [-0.2, 0) is 0 Å². The Morgan fingerprint density at radius 2 is 1.59 bits per heavy atom. The molecule has 0 unspecified atom stereocenters. The van der Waals surface area contributed by atoms with Gasteiger partial charge in [-0.3, -0.25) is 4.57 Å². The highest BCUT2D eigenvalue weighted by Crippen LogP contribution is 2.28. The predicted octanol–water partition coefficient (Wildman–Crippen LogP) is 7.51. The summed E-state index contributed by atoms with van der Waals surface area (Å²) < 4.78 is 7.80. The average Bonchev–Trinajstić information content (AvgIpc) is 3.44. The molecule has 0 radical (unpaired) electrons. The Morgan fingerprint density at radius 1 is 0.853 bits per heavy atom. The summed E-state index contributed by atoms with van der Waals surface area (Å²) in [5.74, 6) is 0.370. The quantitative estimate of drug-likeness (QED) is 0.241. The molecule has 0 atom stereocenters. The number of para-hydroxylation sites is 1. The molecule has 3 aromatic carbocycles. The third-order valence-corrected chi connectivity index (χ3v) is 6.30. The summed E-state index contributed by atoms with van der Waals surface area (Å²) in [6.07, 6.45) is 0. The van der Waals surface area contributed by atoms with Crippen molar-refractivity contribution >= 4 is 39.6 Å². The molecule has 0 aliphatic carbocycles. The van der Waals surface area contributed by atoms with E-state index in [1.807, 2.05) is 85.1 Å². The minimum atomic E-state index is 0.151. The molecule has 2 heterocycles. The second-order valence-corrected chi connectivity index (χ2v) is 8.88. The van der Waals surface area contributed by atoms with Crippen molar-refractivity contribution in [3.8, 4) is 17.1 Å². The number of nitrogens with zero attached hydrogens (tertiary/aromatic N) is 6. The smallest absolute Gasteiger partial charge is 0.345 e. The summed E-state index contributed by atoms with van der Waals surface area (Å²) in [7, 11) is 0. The molecule has 0 amide bonds. The number of rotatable bonds is 5. The van der Waals surface area contributed by atoms with Crippen molar-refractivity contribution in [3.63, 3.8) is 0 Å². The summed E-state index contributed by atoms with van der Waals surface area (Å²) in [4.78, 5) is 5.29. The Kier molecular flexibility index (Phi) is 6.16. The summed E-state index contributed by atoms with van der Waals surface area (Å²) in [6.45, 7) is 4.02. The van der Waals surface area contributed by atoms with E-state index in [4.69, 9.17) is 16.0 Å². The lowest BCUT2D eigenvalue weighted by molar-refractivity contribution is 0.576. The highest BCUT2D eigenvalue weighted by Gasteiger charge is 2.14. The first kappa shape index (κ1) is 21.9. The van der Waals surface area contributed by atoms with Gasteiger partial charge >= 0.3 is 6.01 Å². The van der Waals surface area contributed by atoms with E-state index in [-0.39, 0.29) is 6.01 Å². The van der Waals surface area contributed by atoms with Gasteiger partial charge in [0.05, 0.1) is 11.4 Å². The van der Waals surface area contributed by atoms with Crippen LogP contribution in [0.25, 0.3) is 17.1 Å². The van der Waals surface area contributed by atoms with Gasteiger partial charge in [0.15, 0.2) is 5.00 Å². The number of aromatic nitrogens is 3. The summed E-state index contributed by atoms with van der Waals surface area (Å²) in [5.41, 5.74) is 4.58. The molecular formula is C25H19ClN6OS. The molecule has 5 rings (SSSR count). The van der Waals surface area contributed by atoms with Crippen LogP contribution < -0.4 is 4.80 Å². The van der Waals surface area contributed by atoms with Crippen LogP contribution in [-0.4, -0.2) is 14.8 Å².